The Labute approximate surface area is 134 Å². The average molecular weight is 306 g/mol. The second-order valence-electron chi connectivity index (χ2n) is 6.33. The van der Waals surface area contributed by atoms with Crippen LogP contribution in [0.2, 0.25) is 0 Å². The van der Waals surface area contributed by atoms with E-state index in [0.29, 0.717) is 0 Å². The van der Waals surface area contributed by atoms with Gasteiger partial charge in [-0.25, -0.2) is 0 Å². The van der Waals surface area contributed by atoms with Crippen LogP contribution in [0.1, 0.15) is 29.5 Å². The standard InChI is InChI=1S/C19H18N2O2/c22-21(23)13-19(11-5-7-14-6-1-3-9-16(14)19)17-12-20-18-10-4-2-8-15(17)18/h1-4,6,8-10,12,20H,5,7,11,13H2. The molecule has 1 atom stereocenters. The quantitative estimate of drug-likeness (QED) is 0.586. The zero-order chi connectivity index (χ0) is 15.9. The second-order valence-corrected chi connectivity index (χ2v) is 6.33. The summed E-state index contributed by atoms with van der Waals surface area (Å²) in [6.07, 6.45) is 4.76. The van der Waals surface area contributed by atoms with E-state index in [-0.39, 0.29) is 11.5 Å². The first kappa shape index (κ1) is 14.0. The van der Waals surface area contributed by atoms with Crippen molar-refractivity contribution in [2.75, 3.05) is 6.54 Å². The van der Waals surface area contributed by atoms with E-state index in [1.165, 1.54) is 5.56 Å². The summed E-state index contributed by atoms with van der Waals surface area (Å²) in [6.45, 7) is -0.0636. The third-order valence-corrected chi connectivity index (χ3v) is 5.09. The van der Waals surface area contributed by atoms with E-state index < -0.39 is 5.41 Å². The van der Waals surface area contributed by atoms with Crippen LogP contribution in [0.15, 0.2) is 54.7 Å². The highest BCUT2D eigenvalue weighted by atomic mass is 16.6. The largest absolute Gasteiger partial charge is 0.361 e. The minimum Gasteiger partial charge on any atom is -0.361 e. The van der Waals surface area contributed by atoms with E-state index in [1.807, 2.05) is 36.5 Å². The highest BCUT2D eigenvalue weighted by Crippen LogP contribution is 2.45. The van der Waals surface area contributed by atoms with Crippen molar-refractivity contribution in [3.8, 4) is 0 Å². The number of rotatable bonds is 3. The number of H-pyrrole nitrogens is 1. The van der Waals surface area contributed by atoms with Gasteiger partial charge in [0.2, 0.25) is 6.54 Å². The fourth-order valence-corrected chi connectivity index (χ4v) is 4.14. The Bertz CT molecular complexity index is 884. The molecule has 0 saturated heterocycles. The zero-order valence-electron chi connectivity index (χ0n) is 12.8. The minimum absolute atomic E-state index is 0.0636. The Kier molecular flexibility index (Phi) is 3.18. The maximum absolute atomic E-state index is 11.5. The maximum atomic E-state index is 11.5. The normalized spacial score (nSPS) is 20.3. The number of fused-ring (bicyclic) bond motifs is 2. The average Bonchev–Trinajstić information content (AvgIpc) is 2.99. The van der Waals surface area contributed by atoms with E-state index in [0.717, 1.165) is 41.3 Å². The first-order valence-corrected chi connectivity index (χ1v) is 7.97. The van der Waals surface area contributed by atoms with Gasteiger partial charge in [0.05, 0.1) is 5.41 Å². The Hall–Kier alpha value is -2.62. The van der Waals surface area contributed by atoms with Crippen LogP contribution in [-0.4, -0.2) is 16.5 Å². The van der Waals surface area contributed by atoms with Gasteiger partial charge in [-0.1, -0.05) is 42.5 Å². The van der Waals surface area contributed by atoms with Gasteiger partial charge in [-0.2, -0.15) is 0 Å². The van der Waals surface area contributed by atoms with Crippen molar-refractivity contribution in [2.45, 2.75) is 24.7 Å². The number of para-hydroxylation sites is 1. The van der Waals surface area contributed by atoms with Crippen LogP contribution in [0.25, 0.3) is 10.9 Å². The number of aromatic amines is 1. The van der Waals surface area contributed by atoms with Crippen LogP contribution in [0.3, 0.4) is 0 Å². The summed E-state index contributed by atoms with van der Waals surface area (Å²) in [5, 5.41) is 12.6. The van der Waals surface area contributed by atoms with Gasteiger partial charge in [0.15, 0.2) is 0 Å². The van der Waals surface area contributed by atoms with Crippen LogP contribution in [0.4, 0.5) is 0 Å². The highest BCUT2D eigenvalue weighted by molar-refractivity contribution is 5.85. The number of benzene rings is 2. The lowest BCUT2D eigenvalue weighted by Gasteiger charge is -2.36. The summed E-state index contributed by atoms with van der Waals surface area (Å²) in [5.41, 5.74) is 3.90. The lowest BCUT2D eigenvalue weighted by atomic mass is 9.66. The summed E-state index contributed by atoms with van der Waals surface area (Å²) in [6, 6.07) is 16.3. The Morgan fingerprint density at radius 3 is 2.74 bits per heavy atom. The first-order chi connectivity index (χ1) is 11.2. The van der Waals surface area contributed by atoms with E-state index in [2.05, 4.69) is 23.2 Å². The molecule has 0 saturated carbocycles. The van der Waals surface area contributed by atoms with E-state index in [9.17, 15) is 10.1 Å². The molecule has 4 heteroatoms. The minimum atomic E-state index is -0.544. The van der Waals surface area contributed by atoms with Gasteiger partial charge in [0, 0.05) is 22.0 Å². The van der Waals surface area contributed by atoms with Crippen LogP contribution in [-0.2, 0) is 11.8 Å². The molecule has 0 bridgehead atoms. The monoisotopic (exact) mass is 306 g/mol. The van der Waals surface area contributed by atoms with Gasteiger partial charge in [0.25, 0.3) is 0 Å². The third-order valence-electron chi connectivity index (χ3n) is 5.09. The fraction of sp³-hybridized carbons (Fsp3) is 0.263. The summed E-state index contributed by atoms with van der Waals surface area (Å²) in [7, 11) is 0. The molecule has 1 heterocycles. The number of nitro groups is 1. The van der Waals surface area contributed by atoms with E-state index in [1.54, 1.807) is 0 Å². The summed E-state index contributed by atoms with van der Waals surface area (Å²) >= 11 is 0. The van der Waals surface area contributed by atoms with Gasteiger partial charge in [0.1, 0.15) is 0 Å². The van der Waals surface area contributed by atoms with Crippen molar-refractivity contribution in [3.63, 3.8) is 0 Å². The number of nitrogens with zero attached hydrogens (tertiary/aromatic N) is 1. The number of nitrogens with one attached hydrogen (secondary N) is 1. The first-order valence-electron chi connectivity index (χ1n) is 7.97. The maximum Gasteiger partial charge on any atom is 0.217 e. The zero-order valence-corrected chi connectivity index (χ0v) is 12.8. The lowest BCUT2D eigenvalue weighted by molar-refractivity contribution is -0.489. The van der Waals surface area contributed by atoms with Crippen molar-refractivity contribution >= 4 is 10.9 Å². The van der Waals surface area contributed by atoms with Crippen LogP contribution >= 0.6 is 0 Å². The van der Waals surface area contributed by atoms with Crippen molar-refractivity contribution in [1.82, 2.24) is 4.98 Å². The Balaban J connectivity index is 2.01. The van der Waals surface area contributed by atoms with Crippen molar-refractivity contribution in [2.24, 2.45) is 0 Å². The predicted molar refractivity (Wildman–Crippen MR) is 90.3 cm³/mol. The fourth-order valence-electron chi connectivity index (χ4n) is 4.14. The highest BCUT2D eigenvalue weighted by Gasteiger charge is 2.44. The van der Waals surface area contributed by atoms with E-state index >= 15 is 0 Å². The second kappa shape index (κ2) is 5.23. The molecular formula is C19H18N2O2. The smallest absolute Gasteiger partial charge is 0.217 e. The molecule has 1 aliphatic carbocycles. The van der Waals surface area contributed by atoms with Gasteiger partial charge in [-0.05, 0) is 42.0 Å². The SMILES string of the molecule is O=[N+]([O-])CC1(c2c[nH]c3ccccc23)CCCc2ccccc21. The molecule has 0 spiro atoms. The van der Waals surface area contributed by atoms with Gasteiger partial charge in [-0.3, -0.25) is 10.1 Å². The molecule has 23 heavy (non-hydrogen) atoms. The molecular weight excluding hydrogens is 288 g/mol. The third kappa shape index (κ3) is 2.13. The molecule has 0 fully saturated rings. The summed E-state index contributed by atoms with van der Waals surface area (Å²) in [4.78, 5) is 14.6. The number of aryl methyl sites for hydroxylation is 1. The Morgan fingerprint density at radius 1 is 1.09 bits per heavy atom. The van der Waals surface area contributed by atoms with Crippen LogP contribution < -0.4 is 0 Å². The molecule has 4 rings (SSSR count). The van der Waals surface area contributed by atoms with Crippen LogP contribution in [0.5, 0.6) is 0 Å². The molecule has 116 valence electrons. The van der Waals surface area contributed by atoms with Crippen molar-refractivity contribution in [1.29, 1.82) is 0 Å². The summed E-state index contributed by atoms with van der Waals surface area (Å²) in [5.74, 6) is 0. The van der Waals surface area contributed by atoms with Gasteiger partial charge in [-0.15, -0.1) is 0 Å². The molecule has 4 nitrogen and oxygen atoms in total. The molecule has 1 aliphatic rings. The Morgan fingerprint density at radius 2 is 1.87 bits per heavy atom. The molecule has 2 aromatic carbocycles. The van der Waals surface area contributed by atoms with Crippen LogP contribution in [0, 0.1) is 10.1 Å². The number of hydrogen-bond donors (Lipinski definition) is 1. The van der Waals surface area contributed by atoms with Crippen molar-refractivity contribution in [3.05, 3.63) is 81.5 Å². The topological polar surface area (TPSA) is 58.9 Å². The molecule has 0 aliphatic heterocycles. The molecule has 1 unspecified atom stereocenters. The molecule has 1 aromatic heterocycles. The van der Waals surface area contributed by atoms with Gasteiger partial charge < -0.3 is 4.98 Å². The molecule has 1 N–H and O–H groups in total. The molecule has 3 aromatic rings. The van der Waals surface area contributed by atoms with E-state index in [4.69, 9.17) is 0 Å². The number of aromatic nitrogens is 1. The van der Waals surface area contributed by atoms with Gasteiger partial charge >= 0.3 is 0 Å². The molecule has 0 radical (unpaired) electrons. The number of hydrogen-bond acceptors (Lipinski definition) is 2. The predicted octanol–water partition coefficient (Wildman–Crippen LogP) is 4.07. The molecule has 0 amide bonds. The summed E-state index contributed by atoms with van der Waals surface area (Å²) < 4.78 is 0. The lowest BCUT2D eigenvalue weighted by Crippen LogP contribution is -2.39. The van der Waals surface area contributed by atoms with Crippen molar-refractivity contribution < 1.29 is 4.92 Å².